The maximum Gasteiger partial charge on any atom is 0.0795 e. The molecule has 0 aliphatic carbocycles. The van der Waals surface area contributed by atoms with Crippen molar-refractivity contribution in [3.8, 4) is 0 Å². The molecule has 16 heavy (non-hydrogen) atoms. The summed E-state index contributed by atoms with van der Waals surface area (Å²) in [6.07, 6.45) is 1.17. The van der Waals surface area contributed by atoms with E-state index in [0.29, 0.717) is 12.1 Å². The van der Waals surface area contributed by atoms with Crippen molar-refractivity contribution >= 4 is 11.3 Å². The van der Waals surface area contributed by atoms with Gasteiger partial charge in [0.25, 0.3) is 0 Å². The van der Waals surface area contributed by atoms with Crippen LogP contribution in [0.4, 0.5) is 0 Å². The Labute approximate surface area is 103 Å². The third kappa shape index (κ3) is 4.60. The van der Waals surface area contributed by atoms with Crippen LogP contribution in [0.15, 0.2) is 10.9 Å². The third-order valence-corrected chi connectivity index (χ3v) is 3.39. The Balaban J connectivity index is 2.39. The molecular weight excluding hydrogens is 218 g/mol. The highest BCUT2D eigenvalue weighted by molar-refractivity contribution is 7.07. The topological polar surface area (TPSA) is 28.2 Å². The molecule has 3 nitrogen and oxygen atoms in total. The Morgan fingerprint density at radius 1 is 1.50 bits per heavy atom. The molecule has 0 saturated heterocycles. The van der Waals surface area contributed by atoms with E-state index in [1.807, 2.05) is 5.51 Å². The SMILES string of the molecule is CCC(CNC(C)C)N(C)Cc1cscn1. The normalized spacial score (nSPS) is 13.6. The number of rotatable bonds is 7. The minimum atomic E-state index is 0.557. The van der Waals surface area contributed by atoms with E-state index in [0.717, 1.165) is 13.1 Å². The van der Waals surface area contributed by atoms with Gasteiger partial charge >= 0.3 is 0 Å². The Morgan fingerprint density at radius 2 is 2.25 bits per heavy atom. The van der Waals surface area contributed by atoms with E-state index in [1.165, 1.54) is 12.1 Å². The molecule has 0 bridgehead atoms. The highest BCUT2D eigenvalue weighted by Crippen LogP contribution is 2.08. The zero-order valence-electron chi connectivity index (χ0n) is 10.7. The minimum Gasteiger partial charge on any atom is -0.313 e. The maximum atomic E-state index is 4.32. The van der Waals surface area contributed by atoms with E-state index in [1.54, 1.807) is 11.3 Å². The first-order valence-electron chi connectivity index (χ1n) is 5.94. The molecule has 0 aliphatic heterocycles. The number of likely N-dealkylation sites (N-methyl/N-ethyl adjacent to an activating group) is 1. The highest BCUT2D eigenvalue weighted by Gasteiger charge is 2.13. The molecule has 1 atom stereocenters. The van der Waals surface area contributed by atoms with Crippen molar-refractivity contribution in [2.75, 3.05) is 13.6 Å². The summed E-state index contributed by atoms with van der Waals surface area (Å²) in [4.78, 5) is 6.70. The number of hydrogen-bond acceptors (Lipinski definition) is 4. The van der Waals surface area contributed by atoms with Gasteiger partial charge in [-0.05, 0) is 13.5 Å². The van der Waals surface area contributed by atoms with Crippen LogP contribution in [0, 0.1) is 0 Å². The molecule has 1 rings (SSSR count). The van der Waals surface area contributed by atoms with Crippen molar-refractivity contribution in [1.29, 1.82) is 0 Å². The van der Waals surface area contributed by atoms with Crippen LogP contribution in [0.2, 0.25) is 0 Å². The summed E-state index contributed by atoms with van der Waals surface area (Å²) in [5, 5.41) is 5.62. The molecular formula is C12H23N3S. The fourth-order valence-electron chi connectivity index (χ4n) is 1.68. The molecule has 0 aromatic carbocycles. The van der Waals surface area contributed by atoms with E-state index in [2.05, 4.69) is 48.4 Å². The number of thiazole rings is 1. The fraction of sp³-hybridized carbons (Fsp3) is 0.750. The van der Waals surface area contributed by atoms with Gasteiger partial charge in [0.1, 0.15) is 0 Å². The lowest BCUT2D eigenvalue weighted by molar-refractivity contribution is 0.216. The molecule has 1 unspecified atom stereocenters. The number of aromatic nitrogens is 1. The zero-order chi connectivity index (χ0) is 12.0. The Morgan fingerprint density at radius 3 is 2.75 bits per heavy atom. The average Bonchev–Trinajstić information content (AvgIpc) is 2.71. The molecule has 0 radical (unpaired) electrons. The number of nitrogens with zero attached hydrogens (tertiary/aromatic N) is 2. The highest BCUT2D eigenvalue weighted by atomic mass is 32.1. The van der Waals surface area contributed by atoms with Crippen molar-refractivity contribution < 1.29 is 0 Å². The molecule has 1 aromatic heterocycles. The summed E-state index contributed by atoms with van der Waals surface area (Å²) in [5.41, 5.74) is 3.08. The minimum absolute atomic E-state index is 0.557. The maximum absolute atomic E-state index is 4.32. The van der Waals surface area contributed by atoms with E-state index in [4.69, 9.17) is 0 Å². The van der Waals surface area contributed by atoms with Crippen molar-refractivity contribution in [2.45, 2.75) is 45.8 Å². The van der Waals surface area contributed by atoms with Crippen LogP contribution in [0.1, 0.15) is 32.9 Å². The number of nitrogens with one attached hydrogen (secondary N) is 1. The second-order valence-corrected chi connectivity index (χ2v) is 5.24. The first-order chi connectivity index (χ1) is 7.63. The van der Waals surface area contributed by atoms with Gasteiger partial charge in [-0.1, -0.05) is 20.8 Å². The first-order valence-corrected chi connectivity index (χ1v) is 6.88. The van der Waals surface area contributed by atoms with Gasteiger partial charge in [-0.2, -0.15) is 0 Å². The van der Waals surface area contributed by atoms with Gasteiger partial charge in [-0.3, -0.25) is 4.90 Å². The summed E-state index contributed by atoms with van der Waals surface area (Å²) in [5.74, 6) is 0. The van der Waals surface area contributed by atoms with Crippen molar-refractivity contribution in [3.63, 3.8) is 0 Å². The van der Waals surface area contributed by atoms with Crippen LogP contribution in [-0.2, 0) is 6.54 Å². The largest absolute Gasteiger partial charge is 0.313 e. The van der Waals surface area contributed by atoms with Crippen LogP contribution >= 0.6 is 11.3 Å². The van der Waals surface area contributed by atoms with Gasteiger partial charge in [0.2, 0.25) is 0 Å². The summed E-state index contributed by atoms with van der Waals surface area (Å²) in [6.45, 7) is 8.61. The van der Waals surface area contributed by atoms with Crippen LogP contribution in [0.3, 0.4) is 0 Å². The van der Waals surface area contributed by atoms with Crippen molar-refractivity contribution in [1.82, 2.24) is 15.2 Å². The van der Waals surface area contributed by atoms with Gasteiger partial charge in [0.05, 0.1) is 11.2 Å². The van der Waals surface area contributed by atoms with Crippen LogP contribution < -0.4 is 5.32 Å². The molecule has 92 valence electrons. The summed E-state index contributed by atoms with van der Waals surface area (Å²) < 4.78 is 0. The second kappa shape index (κ2) is 6.99. The molecule has 4 heteroatoms. The van der Waals surface area contributed by atoms with E-state index < -0.39 is 0 Å². The third-order valence-electron chi connectivity index (χ3n) is 2.75. The molecule has 0 saturated carbocycles. The lowest BCUT2D eigenvalue weighted by Gasteiger charge is -2.27. The zero-order valence-corrected chi connectivity index (χ0v) is 11.5. The average molecular weight is 241 g/mol. The van der Waals surface area contributed by atoms with Gasteiger partial charge in [-0.25, -0.2) is 4.98 Å². The lowest BCUT2D eigenvalue weighted by Crippen LogP contribution is -2.41. The van der Waals surface area contributed by atoms with Gasteiger partial charge in [0, 0.05) is 30.6 Å². The lowest BCUT2D eigenvalue weighted by atomic mass is 10.2. The summed E-state index contributed by atoms with van der Waals surface area (Å²) in [7, 11) is 2.18. The molecule has 0 spiro atoms. The van der Waals surface area contributed by atoms with Crippen molar-refractivity contribution in [2.24, 2.45) is 0 Å². The molecule has 0 fully saturated rings. The van der Waals surface area contributed by atoms with E-state index >= 15 is 0 Å². The molecule has 1 N–H and O–H groups in total. The van der Waals surface area contributed by atoms with Crippen LogP contribution in [0.25, 0.3) is 0 Å². The molecule has 1 aromatic rings. The Hall–Kier alpha value is -0.450. The van der Waals surface area contributed by atoms with Gasteiger partial charge < -0.3 is 5.32 Å². The van der Waals surface area contributed by atoms with Gasteiger partial charge in [-0.15, -0.1) is 11.3 Å². The smallest absolute Gasteiger partial charge is 0.0795 e. The number of hydrogen-bond donors (Lipinski definition) is 1. The van der Waals surface area contributed by atoms with E-state index in [-0.39, 0.29) is 0 Å². The quantitative estimate of drug-likeness (QED) is 0.794. The van der Waals surface area contributed by atoms with Crippen LogP contribution in [0.5, 0.6) is 0 Å². The Bertz CT molecular complexity index is 272. The fourth-order valence-corrected chi connectivity index (χ4v) is 2.23. The summed E-state index contributed by atoms with van der Waals surface area (Å²) in [6, 6.07) is 1.14. The first kappa shape index (κ1) is 13.6. The van der Waals surface area contributed by atoms with E-state index in [9.17, 15) is 0 Å². The van der Waals surface area contributed by atoms with Gasteiger partial charge in [0.15, 0.2) is 0 Å². The van der Waals surface area contributed by atoms with Crippen molar-refractivity contribution in [3.05, 3.63) is 16.6 Å². The molecule has 0 amide bonds. The monoisotopic (exact) mass is 241 g/mol. The standard InChI is InChI=1S/C12H23N3S/c1-5-12(6-13-10(2)3)15(4)7-11-8-16-9-14-11/h8-10,12-13H,5-7H2,1-4H3. The summed E-state index contributed by atoms with van der Waals surface area (Å²) >= 11 is 1.67. The predicted octanol–water partition coefficient (Wildman–Crippen LogP) is 2.35. The second-order valence-electron chi connectivity index (χ2n) is 4.52. The Kier molecular flexibility index (Phi) is 5.95. The molecule has 0 aliphatic rings. The predicted molar refractivity (Wildman–Crippen MR) is 70.8 cm³/mol. The van der Waals surface area contributed by atoms with Crippen LogP contribution in [-0.4, -0.2) is 35.6 Å². The molecule has 1 heterocycles.